The van der Waals surface area contributed by atoms with Gasteiger partial charge in [-0.3, -0.25) is 4.79 Å². The summed E-state index contributed by atoms with van der Waals surface area (Å²) in [7, 11) is 1.41. The van der Waals surface area contributed by atoms with Crippen molar-refractivity contribution in [2.75, 3.05) is 12.4 Å². The van der Waals surface area contributed by atoms with Crippen molar-refractivity contribution in [1.29, 1.82) is 0 Å². The van der Waals surface area contributed by atoms with Gasteiger partial charge in [0.05, 0.1) is 12.8 Å². The van der Waals surface area contributed by atoms with Crippen LogP contribution in [-0.2, 0) is 9.53 Å². The first-order chi connectivity index (χ1) is 11.8. The molecule has 2 rings (SSSR count). The lowest BCUT2D eigenvalue weighted by atomic mass is 10.1. The lowest BCUT2D eigenvalue weighted by Crippen LogP contribution is -2.30. The molecular formula is C18H17F2NO4. The van der Waals surface area contributed by atoms with Crippen molar-refractivity contribution in [3.8, 4) is 5.75 Å². The highest BCUT2D eigenvalue weighted by Gasteiger charge is 2.22. The molecule has 132 valence electrons. The Bertz CT molecular complexity index is 808. The molecule has 2 aromatic carbocycles. The van der Waals surface area contributed by atoms with Crippen molar-refractivity contribution in [3.05, 3.63) is 59.2 Å². The number of carbonyl (C=O) groups excluding carboxylic acids is 2. The van der Waals surface area contributed by atoms with E-state index in [4.69, 9.17) is 9.47 Å². The second kappa shape index (κ2) is 7.74. The number of methoxy groups -OCH3 is 1. The summed E-state index contributed by atoms with van der Waals surface area (Å²) in [4.78, 5) is 24.3. The maximum atomic E-state index is 13.6. The summed E-state index contributed by atoms with van der Waals surface area (Å²) >= 11 is 0. The number of nitrogens with one attached hydrogen (secondary N) is 1. The Morgan fingerprint density at radius 2 is 1.84 bits per heavy atom. The number of benzene rings is 2. The molecular weight excluding hydrogens is 332 g/mol. The topological polar surface area (TPSA) is 64.6 Å². The number of carbonyl (C=O) groups is 2. The Morgan fingerprint density at radius 1 is 1.12 bits per heavy atom. The number of halogens is 2. The van der Waals surface area contributed by atoms with Gasteiger partial charge in [-0.25, -0.2) is 13.6 Å². The number of aryl methyl sites for hydroxylation is 1. The van der Waals surface area contributed by atoms with Crippen molar-refractivity contribution in [3.63, 3.8) is 0 Å². The Kier molecular flexibility index (Phi) is 5.69. The zero-order valence-corrected chi connectivity index (χ0v) is 13.9. The molecule has 7 heteroatoms. The number of rotatable bonds is 5. The summed E-state index contributed by atoms with van der Waals surface area (Å²) in [6.07, 6.45) is -1.22. The molecule has 0 fully saturated rings. The summed E-state index contributed by atoms with van der Waals surface area (Å²) in [6.45, 7) is 3.12. The predicted molar refractivity (Wildman–Crippen MR) is 87.6 cm³/mol. The molecule has 0 aliphatic rings. The van der Waals surface area contributed by atoms with Crippen LogP contribution in [0.15, 0.2) is 36.4 Å². The highest BCUT2D eigenvalue weighted by Crippen LogP contribution is 2.21. The van der Waals surface area contributed by atoms with Gasteiger partial charge in [0.25, 0.3) is 5.91 Å². The summed E-state index contributed by atoms with van der Waals surface area (Å²) in [6, 6.07) is 7.60. The minimum absolute atomic E-state index is 0.166. The molecule has 1 amide bonds. The van der Waals surface area contributed by atoms with Gasteiger partial charge < -0.3 is 14.8 Å². The van der Waals surface area contributed by atoms with Crippen molar-refractivity contribution < 1.29 is 27.8 Å². The quantitative estimate of drug-likeness (QED) is 0.840. The average Bonchev–Trinajstić information content (AvgIpc) is 2.57. The molecule has 1 atom stereocenters. The standard InChI is InChI=1S/C18H17F2NO4/c1-10-4-7-16(24-3)13(8-10)18(23)25-11(2)17(22)21-15-9-12(19)5-6-14(15)20/h4-9,11H,1-3H3,(H,21,22)/t11-/m1/s1. The fourth-order valence-corrected chi connectivity index (χ4v) is 2.09. The van der Waals surface area contributed by atoms with Gasteiger partial charge in [-0.15, -0.1) is 0 Å². The summed E-state index contributed by atoms with van der Waals surface area (Å²) in [5, 5.41) is 2.19. The van der Waals surface area contributed by atoms with E-state index in [0.29, 0.717) is 5.75 Å². The van der Waals surface area contributed by atoms with E-state index in [0.717, 1.165) is 23.8 Å². The third-order valence-electron chi connectivity index (χ3n) is 3.41. The van der Waals surface area contributed by atoms with Gasteiger partial charge in [-0.1, -0.05) is 11.6 Å². The van der Waals surface area contributed by atoms with E-state index in [9.17, 15) is 18.4 Å². The van der Waals surface area contributed by atoms with E-state index in [1.165, 1.54) is 14.0 Å². The van der Waals surface area contributed by atoms with Crippen LogP contribution in [0.4, 0.5) is 14.5 Å². The maximum absolute atomic E-state index is 13.6. The van der Waals surface area contributed by atoms with Gasteiger partial charge in [0.1, 0.15) is 22.9 Å². The van der Waals surface area contributed by atoms with E-state index in [-0.39, 0.29) is 11.3 Å². The number of esters is 1. The Labute approximate surface area is 143 Å². The fourth-order valence-electron chi connectivity index (χ4n) is 2.09. The number of anilines is 1. The van der Waals surface area contributed by atoms with Gasteiger partial charge in [-0.05, 0) is 38.1 Å². The molecule has 0 unspecified atom stereocenters. The molecule has 0 radical (unpaired) electrons. The van der Waals surface area contributed by atoms with E-state index in [2.05, 4.69) is 5.32 Å². The number of hydrogen-bond donors (Lipinski definition) is 1. The highest BCUT2D eigenvalue weighted by molar-refractivity contribution is 5.98. The average molecular weight is 349 g/mol. The second-order valence-electron chi connectivity index (χ2n) is 5.36. The van der Waals surface area contributed by atoms with Gasteiger partial charge >= 0.3 is 5.97 Å². The SMILES string of the molecule is COc1ccc(C)cc1C(=O)O[C@H](C)C(=O)Nc1cc(F)ccc1F. The number of ether oxygens (including phenoxy) is 2. The van der Waals surface area contributed by atoms with Crippen LogP contribution >= 0.6 is 0 Å². The predicted octanol–water partition coefficient (Wildman–Crippen LogP) is 3.47. The number of hydrogen-bond acceptors (Lipinski definition) is 4. The van der Waals surface area contributed by atoms with E-state index in [1.807, 2.05) is 0 Å². The van der Waals surface area contributed by atoms with Gasteiger partial charge in [0.15, 0.2) is 6.10 Å². The van der Waals surface area contributed by atoms with Crippen LogP contribution in [0, 0.1) is 18.6 Å². The summed E-state index contributed by atoms with van der Waals surface area (Å²) in [5.41, 5.74) is 0.645. The first kappa shape index (κ1) is 18.4. The van der Waals surface area contributed by atoms with Gasteiger partial charge in [0, 0.05) is 6.07 Å². The first-order valence-corrected chi connectivity index (χ1v) is 7.43. The molecule has 0 spiro atoms. The van der Waals surface area contributed by atoms with Crippen LogP contribution in [0.25, 0.3) is 0 Å². The lowest BCUT2D eigenvalue weighted by Gasteiger charge is -2.15. The molecule has 0 aliphatic carbocycles. The van der Waals surface area contributed by atoms with Gasteiger partial charge in [-0.2, -0.15) is 0 Å². The molecule has 0 aromatic heterocycles. The van der Waals surface area contributed by atoms with Crippen LogP contribution in [0.3, 0.4) is 0 Å². The van der Waals surface area contributed by atoms with E-state index in [1.54, 1.807) is 25.1 Å². The Balaban J connectivity index is 2.09. The molecule has 0 aliphatic heterocycles. The number of amides is 1. The Hall–Kier alpha value is -2.96. The molecule has 0 saturated carbocycles. The molecule has 5 nitrogen and oxygen atoms in total. The fraction of sp³-hybridized carbons (Fsp3) is 0.222. The molecule has 0 bridgehead atoms. The van der Waals surface area contributed by atoms with Crippen molar-refractivity contribution in [2.45, 2.75) is 20.0 Å². The lowest BCUT2D eigenvalue weighted by molar-refractivity contribution is -0.123. The molecule has 2 aromatic rings. The summed E-state index contributed by atoms with van der Waals surface area (Å²) < 4.78 is 36.9. The van der Waals surface area contributed by atoms with Crippen LogP contribution in [0.1, 0.15) is 22.8 Å². The van der Waals surface area contributed by atoms with Crippen LogP contribution < -0.4 is 10.1 Å². The van der Waals surface area contributed by atoms with Crippen molar-refractivity contribution >= 4 is 17.6 Å². The molecule has 25 heavy (non-hydrogen) atoms. The third kappa shape index (κ3) is 4.53. The first-order valence-electron chi connectivity index (χ1n) is 7.43. The largest absolute Gasteiger partial charge is 0.496 e. The van der Waals surface area contributed by atoms with Gasteiger partial charge in [0.2, 0.25) is 0 Å². The zero-order chi connectivity index (χ0) is 18.6. The molecule has 1 N–H and O–H groups in total. The van der Waals surface area contributed by atoms with Crippen molar-refractivity contribution in [2.24, 2.45) is 0 Å². The Morgan fingerprint density at radius 3 is 2.52 bits per heavy atom. The maximum Gasteiger partial charge on any atom is 0.342 e. The molecule has 0 saturated heterocycles. The zero-order valence-electron chi connectivity index (χ0n) is 13.9. The highest BCUT2D eigenvalue weighted by atomic mass is 19.1. The second-order valence-corrected chi connectivity index (χ2v) is 5.36. The third-order valence-corrected chi connectivity index (χ3v) is 3.41. The summed E-state index contributed by atoms with van der Waals surface area (Å²) in [5.74, 6) is -2.74. The van der Waals surface area contributed by atoms with Crippen molar-refractivity contribution in [1.82, 2.24) is 0 Å². The minimum Gasteiger partial charge on any atom is -0.496 e. The van der Waals surface area contributed by atoms with E-state index < -0.39 is 29.6 Å². The van der Waals surface area contributed by atoms with E-state index >= 15 is 0 Å². The monoisotopic (exact) mass is 349 g/mol. The smallest absolute Gasteiger partial charge is 0.342 e. The minimum atomic E-state index is -1.22. The molecule has 0 heterocycles. The van der Waals surface area contributed by atoms with Crippen LogP contribution in [-0.4, -0.2) is 25.1 Å². The normalized spacial score (nSPS) is 11.6. The van der Waals surface area contributed by atoms with Crippen LogP contribution in [0.2, 0.25) is 0 Å². The van der Waals surface area contributed by atoms with Crippen LogP contribution in [0.5, 0.6) is 5.75 Å².